The quantitative estimate of drug-likeness (QED) is 0.578. The number of hydrogen-bond acceptors (Lipinski definition) is 6. The second kappa shape index (κ2) is 5.42. The van der Waals surface area contributed by atoms with E-state index in [2.05, 4.69) is 0 Å². The van der Waals surface area contributed by atoms with Gasteiger partial charge in [-0.2, -0.15) is 0 Å². The van der Waals surface area contributed by atoms with Gasteiger partial charge in [-0.3, -0.25) is 10.1 Å². The smallest absolute Gasteiger partial charge is 0.269 e. The first-order valence-corrected chi connectivity index (χ1v) is 6.95. The lowest BCUT2D eigenvalue weighted by Crippen LogP contribution is -2.31. The van der Waals surface area contributed by atoms with Crippen molar-refractivity contribution in [1.82, 2.24) is 0 Å². The highest BCUT2D eigenvalue weighted by atomic mass is 32.2. The van der Waals surface area contributed by atoms with Crippen LogP contribution in [0.25, 0.3) is 0 Å². The summed E-state index contributed by atoms with van der Waals surface area (Å²) in [4.78, 5) is 9.84. The number of rotatable bonds is 5. The predicted molar refractivity (Wildman–Crippen MR) is 63.8 cm³/mol. The second-order valence-corrected chi connectivity index (χ2v) is 6.11. The minimum Gasteiger partial charge on any atom is -0.395 e. The van der Waals surface area contributed by atoms with Gasteiger partial charge in [0.25, 0.3) is 5.69 Å². The largest absolute Gasteiger partial charge is 0.395 e. The first kappa shape index (κ1) is 14.6. The van der Waals surface area contributed by atoms with E-state index in [1.807, 2.05) is 0 Å². The molecule has 7 nitrogen and oxygen atoms in total. The number of nitro benzene ring substituents is 1. The highest BCUT2D eigenvalue weighted by Gasteiger charge is 2.29. The number of nitrogens with zero attached hydrogens (tertiary/aromatic N) is 1. The molecule has 0 aliphatic heterocycles. The number of sulfone groups is 1. The van der Waals surface area contributed by atoms with Gasteiger partial charge in [0.15, 0.2) is 9.84 Å². The molecule has 2 N–H and O–H groups in total. The minimum absolute atomic E-state index is 0.161. The van der Waals surface area contributed by atoms with Crippen molar-refractivity contribution >= 4 is 15.5 Å². The molecule has 0 saturated heterocycles. The van der Waals surface area contributed by atoms with E-state index >= 15 is 0 Å². The fraction of sp³-hybridized carbons (Fsp3) is 0.400. The number of benzene rings is 1. The van der Waals surface area contributed by atoms with Crippen LogP contribution in [-0.2, 0) is 9.84 Å². The zero-order valence-corrected chi connectivity index (χ0v) is 10.4. The molecule has 2 atom stereocenters. The Bertz CT molecular complexity index is 524. The third-order valence-electron chi connectivity index (χ3n) is 2.53. The van der Waals surface area contributed by atoms with Crippen molar-refractivity contribution in [2.75, 3.05) is 12.9 Å². The lowest BCUT2D eigenvalue weighted by molar-refractivity contribution is -0.384. The van der Waals surface area contributed by atoms with Crippen LogP contribution in [0, 0.1) is 10.1 Å². The Morgan fingerprint density at radius 3 is 2.17 bits per heavy atom. The van der Waals surface area contributed by atoms with Crippen molar-refractivity contribution < 1.29 is 23.6 Å². The molecular weight excluding hydrogens is 262 g/mol. The third-order valence-corrected chi connectivity index (χ3v) is 4.03. The maximum atomic E-state index is 11.3. The Hall–Kier alpha value is -1.51. The lowest BCUT2D eigenvalue weighted by atomic mass is 10.1. The molecule has 1 aromatic rings. The van der Waals surface area contributed by atoms with E-state index in [0.29, 0.717) is 0 Å². The predicted octanol–water partition coefficient (Wildman–Crippen LogP) is 0.0337. The highest BCUT2D eigenvalue weighted by Crippen LogP contribution is 2.23. The number of nitro groups is 1. The normalized spacial score (nSPS) is 15.1. The van der Waals surface area contributed by atoms with Crippen molar-refractivity contribution in [3.8, 4) is 0 Å². The summed E-state index contributed by atoms with van der Waals surface area (Å²) in [5.74, 6) is 0. The van der Waals surface area contributed by atoms with Crippen LogP contribution in [0.2, 0.25) is 0 Å². The van der Waals surface area contributed by atoms with Gasteiger partial charge < -0.3 is 10.2 Å². The molecule has 18 heavy (non-hydrogen) atoms. The van der Waals surface area contributed by atoms with Crippen LogP contribution < -0.4 is 0 Å². The molecule has 0 amide bonds. The van der Waals surface area contributed by atoms with E-state index in [9.17, 15) is 23.6 Å². The van der Waals surface area contributed by atoms with Crippen molar-refractivity contribution in [1.29, 1.82) is 0 Å². The van der Waals surface area contributed by atoms with Gasteiger partial charge in [-0.15, -0.1) is 0 Å². The van der Waals surface area contributed by atoms with Gasteiger partial charge in [0, 0.05) is 18.4 Å². The van der Waals surface area contributed by atoms with Crippen LogP contribution in [0.5, 0.6) is 0 Å². The molecule has 100 valence electrons. The van der Waals surface area contributed by atoms with Crippen LogP contribution in [0.1, 0.15) is 11.7 Å². The summed E-state index contributed by atoms with van der Waals surface area (Å²) in [5.41, 5.74) is 0.0379. The maximum Gasteiger partial charge on any atom is 0.269 e. The average molecular weight is 275 g/mol. The minimum atomic E-state index is -3.62. The molecular formula is C10H13NO6S. The first-order valence-electron chi connectivity index (χ1n) is 4.99. The van der Waals surface area contributed by atoms with Gasteiger partial charge in [0.05, 0.1) is 17.6 Å². The zero-order chi connectivity index (χ0) is 13.9. The SMILES string of the molecule is CS(=O)(=O)[C@@H](CO)[C@@H](O)c1ccc([N+](=O)[O-])cc1. The molecule has 0 saturated carbocycles. The van der Waals surface area contributed by atoms with E-state index in [1.54, 1.807) is 0 Å². The topological polar surface area (TPSA) is 118 Å². The first-order chi connectivity index (χ1) is 8.27. The van der Waals surface area contributed by atoms with Crippen LogP contribution in [0.3, 0.4) is 0 Å². The van der Waals surface area contributed by atoms with Crippen LogP contribution in [0.4, 0.5) is 5.69 Å². The maximum absolute atomic E-state index is 11.3. The van der Waals surface area contributed by atoms with Gasteiger partial charge in [0.2, 0.25) is 0 Å². The summed E-state index contributed by atoms with van der Waals surface area (Å²) in [7, 11) is -3.62. The summed E-state index contributed by atoms with van der Waals surface area (Å²) in [6.07, 6.45) is -0.520. The summed E-state index contributed by atoms with van der Waals surface area (Å²) in [6.45, 7) is -0.725. The standard InChI is InChI=1S/C10H13NO6S/c1-18(16,17)9(6-12)10(13)7-2-4-8(5-3-7)11(14)15/h2-5,9-10,12-13H,6H2,1H3/t9-,10-/m0/s1. The molecule has 0 heterocycles. The molecule has 0 radical (unpaired) electrons. The molecule has 1 aromatic carbocycles. The molecule has 1 rings (SSSR count). The molecule has 0 unspecified atom stereocenters. The van der Waals surface area contributed by atoms with E-state index in [1.165, 1.54) is 12.1 Å². The zero-order valence-electron chi connectivity index (χ0n) is 9.55. The van der Waals surface area contributed by atoms with E-state index < -0.39 is 32.7 Å². The summed E-state index contributed by atoms with van der Waals surface area (Å²) in [5, 5.41) is 27.9. The van der Waals surface area contributed by atoms with E-state index in [-0.39, 0.29) is 11.3 Å². The van der Waals surface area contributed by atoms with Crippen LogP contribution >= 0.6 is 0 Å². The highest BCUT2D eigenvalue weighted by molar-refractivity contribution is 7.91. The Kier molecular flexibility index (Phi) is 4.38. The summed E-state index contributed by atoms with van der Waals surface area (Å²) in [6, 6.07) is 4.85. The lowest BCUT2D eigenvalue weighted by Gasteiger charge is -2.19. The van der Waals surface area contributed by atoms with Gasteiger partial charge in [-0.1, -0.05) is 0 Å². The van der Waals surface area contributed by atoms with Crippen molar-refractivity contribution in [3.63, 3.8) is 0 Å². The fourth-order valence-electron chi connectivity index (χ4n) is 1.48. The molecule has 8 heteroatoms. The molecule has 0 bridgehead atoms. The Morgan fingerprint density at radius 1 is 1.33 bits per heavy atom. The third kappa shape index (κ3) is 3.25. The van der Waals surface area contributed by atoms with Crippen LogP contribution in [-0.4, -0.2) is 41.7 Å². The number of non-ortho nitro benzene ring substituents is 1. The van der Waals surface area contributed by atoms with Gasteiger partial charge >= 0.3 is 0 Å². The molecule has 0 aliphatic carbocycles. The van der Waals surface area contributed by atoms with E-state index in [0.717, 1.165) is 18.4 Å². The van der Waals surface area contributed by atoms with Crippen molar-refractivity contribution in [3.05, 3.63) is 39.9 Å². The van der Waals surface area contributed by atoms with Crippen molar-refractivity contribution in [2.24, 2.45) is 0 Å². The van der Waals surface area contributed by atoms with E-state index in [4.69, 9.17) is 5.11 Å². The average Bonchev–Trinajstić information content (AvgIpc) is 2.28. The summed E-state index contributed by atoms with van der Waals surface area (Å²) < 4.78 is 22.6. The van der Waals surface area contributed by atoms with Crippen molar-refractivity contribution in [2.45, 2.75) is 11.4 Å². The van der Waals surface area contributed by atoms with Gasteiger partial charge in [0.1, 0.15) is 5.25 Å². The molecule has 0 aromatic heterocycles. The Morgan fingerprint density at radius 2 is 1.83 bits per heavy atom. The second-order valence-electron chi connectivity index (χ2n) is 3.84. The monoisotopic (exact) mass is 275 g/mol. The molecule has 0 spiro atoms. The van der Waals surface area contributed by atoms with Crippen LogP contribution in [0.15, 0.2) is 24.3 Å². The number of aliphatic hydroxyl groups excluding tert-OH is 2. The number of aliphatic hydroxyl groups is 2. The summed E-state index contributed by atoms with van der Waals surface area (Å²) >= 11 is 0. The number of hydrogen-bond donors (Lipinski definition) is 2. The molecule has 0 aliphatic rings. The fourth-order valence-corrected chi connectivity index (χ4v) is 2.37. The Balaban J connectivity index is 3.03. The van der Waals surface area contributed by atoms with Gasteiger partial charge in [-0.25, -0.2) is 8.42 Å². The van der Waals surface area contributed by atoms with Gasteiger partial charge in [-0.05, 0) is 17.7 Å². The molecule has 0 fully saturated rings. The Labute approximate surface area is 104 Å².